The third-order valence-electron chi connectivity index (χ3n) is 3.30. The van der Waals surface area contributed by atoms with Crippen molar-refractivity contribution >= 4 is 11.6 Å². The number of benzene rings is 1. The normalized spacial score (nSPS) is 11.7. The molecule has 0 unspecified atom stereocenters. The Balaban J connectivity index is 2.22. The zero-order chi connectivity index (χ0) is 15.4. The second-order valence-electron chi connectivity index (χ2n) is 4.68. The van der Waals surface area contributed by atoms with Gasteiger partial charge in [-0.3, -0.25) is 19.9 Å². The predicted molar refractivity (Wildman–Crippen MR) is 78.0 cm³/mol. The molecule has 0 bridgehead atoms. The first kappa shape index (κ1) is 14.6. The first-order chi connectivity index (χ1) is 10.0. The molecule has 0 aliphatic rings. The summed E-state index contributed by atoms with van der Waals surface area (Å²) in [7, 11) is 0. The number of nitrogens with zero attached hydrogens (tertiary/aromatic N) is 2. The minimum absolute atomic E-state index is 0.0563. The molecular formula is C15H15N3O3. The van der Waals surface area contributed by atoms with Gasteiger partial charge in [0.2, 0.25) is 0 Å². The molecule has 108 valence electrons. The molecule has 0 fully saturated rings. The second-order valence-corrected chi connectivity index (χ2v) is 4.68. The Labute approximate surface area is 122 Å². The second kappa shape index (κ2) is 6.13. The van der Waals surface area contributed by atoms with Crippen molar-refractivity contribution in [3.8, 4) is 0 Å². The van der Waals surface area contributed by atoms with Gasteiger partial charge < -0.3 is 5.32 Å². The fourth-order valence-electron chi connectivity index (χ4n) is 2.08. The Kier molecular flexibility index (Phi) is 4.27. The van der Waals surface area contributed by atoms with E-state index in [0.717, 1.165) is 5.56 Å². The average molecular weight is 285 g/mol. The van der Waals surface area contributed by atoms with Gasteiger partial charge in [0.1, 0.15) is 0 Å². The van der Waals surface area contributed by atoms with Gasteiger partial charge in [0, 0.05) is 29.6 Å². The van der Waals surface area contributed by atoms with Gasteiger partial charge in [0.05, 0.1) is 11.0 Å². The van der Waals surface area contributed by atoms with Crippen LogP contribution in [0.5, 0.6) is 0 Å². The molecule has 6 heteroatoms. The van der Waals surface area contributed by atoms with E-state index in [1.54, 1.807) is 25.4 Å². The van der Waals surface area contributed by atoms with E-state index in [9.17, 15) is 14.9 Å². The van der Waals surface area contributed by atoms with E-state index in [2.05, 4.69) is 10.3 Å². The number of pyridine rings is 1. The fourth-order valence-corrected chi connectivity index (χ4v) is 2.08. The van der Waals surface area contributed by atoms with Gasteiger partial charge >= 0.3 is 0 Å². The van der Waals surface area contributed by atoms with E-state index >= 15 is 0 Å². The van der Waals surface area contributed by atoms with E-state index in [1.807, 2.05) is 19.1 Å². The highest BCUT2D eigenvalue weighted by Crippen LogP contribution is 2.21. The van der Waals surface area contributed by atoms with Gasteiger partial charge in [-0.05, 0) is 37.6 Å². The molecule has 1 amide bonds. The Morgan fingerprint density at radius 3 is 2.57 bits per heavy atom. The highest BCUT2D eigenvalue weighted by Gasteiger charge is 2.19. The maximum atomic E-state index is 12.3. The van der Waals surface area contributed by atoms with Gasteiger partial charge in [-0.2, -0.15) is 0 Å². The van der Waals surface area contributed by atoms with Crippen molar-refractivity contribution in [1.82, 2.24) is 10.3 Å². The highest BCUT2D eigenvalue weighted by atomic mass is 16.6. The maximum absolute atomic E-state index is 12.3. The maximum Gasteiger partial charge on any atom is 0.273 e. The monoisotopic (exact) mass is 285 g/mol. The Bertz CT molecular complexity index is 671. The molecule has 1 aromatic carbocycles. The van der Waals surface area contributed by atoms with Crippen LogP contribution in [0, 0.1) is 17.0 Å². The molecule has 21 heavy (non-hydrogen) atoms. The Morgan fingerprint density at radius 1 is 1.29 bits per heavy atom. The van der Waals surface area contributed by atoms with Crippen LogP contribution in [-0.4, -0.2) is 15.8 Å². The van der Waals surface area contributed by atoms with Crippen LogP contribution in [0.3, 0.4) is 0 Å². The molecule has 1 heterocycles. The zero-order valence-corrected chi connectivity index (χ0v) is 11.7. The third kappa shape index (κ3) is 3.22. The van der Waals surface area contributed by atoms with Crippen molar-refractivity contribution < 1.29 is 9.72 Å². The summed E-state index contributed by atoms with van der Waals surface area (Å²) in [5, 5.41) is 13.7. The van der Waals surface area contributed by atoms with Crippen LogP contribution in [0.4, 0.5) is 5.69 Å². The van der Waals surface area contributed by atoms with Crippen molar-refractivity contribution in [2.45, 2.75) is 19.9 Å². The summed E-state index contributed by atoms with van der Waals surface area (Å²) in [5.41, 5.74) is 1.53. The molecule has 0 saturated heterocycles. The van der Waals surface area contributed by atoms with Crippen molar-refractivity contribution in [3.63, 3.8) is 0 Å². The van der Waals surface area contributed by atoms with Gasteiger partial charge in [-0.15, -0.1) is 0 Å². The van der Waals surface area contributed by atoms with Crippen LogP contribution >= 0.6 is 0 Å². The number of amides is 1. The van der Waals surface area contributed by atoms with Gasteiger partial charge in [-0.25, -0.2) is 0 Å². The lowest BCUT2D eigenvalue weighted by Gasteiger charge is -2.15. The SMILES string of the molecule is Cc1c(C(=O)N[C@@H](C)c2ccncc2)cccc1[N+](=O)[O-]. The fraction of sp³-hybridized carbons (Fsp3) is 0.200. The predicted octanol–water partition coefficient (Wildman–Crippen LogP) is 2.79. The number of rotatable bonds is 4. The summed E-state index contributed by atoms with van der Waals surface area (Å²) in [5.74, 6) is -0.333. The minimum Gasteiger partial charge on any atom is -0.346 e. The van der Waals surface area contributed by atoms with Crippen molar-refractivity contribution in [1.29, 1.82) is 0 Å². The van der Waals surface area contributed by atoms with Crippen molar-refractivity contribution in [2.75, 3.05) is 0 Å². The van der Waals surface area contributed by atoms with Crippen molar-refractivity contribution in [3.05, 3.63) is 69.5 Å². The molecule has 2 rings (SSSR count). The molecule has 2 aromatic rings. The summed E-state index contributed by atoms with van der Waals surface area (Å²) >= 11 is 0. The summed E-state index contributed by atoms with van der Waals surface area (Å²) in [6.07, 6.45) is 3.30. The number of carbonyl (C=O) groups excluding carboxylic acids is 1. The smallest absolute Gasteiger partial charge is 0.273 e. The molecular weight excluding hydrogens is 270 g/mol. The van der Waals surface area contributed by atoms with Crippen molar-refractivity contribution in [2.24, 2.45) is 0 Å². The number of hydrogen-bond acceptors (Lipinski definition) is 4. The Morgan fingerprint density at radius 2 is 1.95 bits per heavy atom. The molecule has 1 N–H and O–H groups in total. The van der Waals surface area contributed by atoms with Crippen LogP contribution in [-0.2, 0) is 0 Å². The van der Waals surface area contributed by atoms with Crippen LogP contribution in [0.25, 0.3) is 0 Å². The van der Waals surface area contributed by atoms with E-state index in [-0.39, 0.29) is 17.6 Å². The third-order valence-corrected chi connectivity index (χ3v) is 3.30. The molecule has 0 aliphatic carbocycles. The van der Waals surface area contributed by atoms with Gasteiger partial charge in [0.15, 0.2) is 0 Å². The molecule has 0 spiro atoms. The van der Waals surface area contributed by atoms with Crippen LogP contribution in [0.1, 0.15) is 34.5 Å². The minimum atomic E-state index is -0.488. The Hall–Kier alpha value is -2.76. The largest absolute Gasteiger partial charge is 0.346 e. The number of aromatic nitrogens is 1. The lowest BCUT2D eigenvalue weighted by molar-refractivity contribution is -0.385. The molecule has 0 aliphatic heterocycles. The first-order valence-electron chi connectivity index (χ1n) is 6.45. The number of hydrogen-bond donors (Lipinski definition) is 1. The number of carbonyl (C=O) groups is 1. The topological polar surface area (TPSA) is 85.1 Å². The molecule has 0 radical (unpaired) electrons. The first-order valence-corrected chi connectivity index (χ1v) is 6.45. The summed E-state index contributed by atoms with van der Waals surface area (Å²) < 4.78 is 0. The number of nitro benzene ring substituents is 1. The van der Waals surface area contributed by atoms with Crippen LogP contribution in [0.15, 0.2) is 42.7 Å². The molecule has 1 atom stereocenters. The summed E-state index contributed by atoms with van der Waals surface area (Å²) in [6.45, 7) is 3.42. The standard InChI is InChI=1S/C15H15N3O3/c1-10-13(4-3-5-14(10)18(20)21)15(19)17-11(2)12-6-8-16-9-7-12/h3-9,11H,1-2H3,(H,17,19)/t11-/m0/s1. The quantitative estimate of drug-likeness (QED) is 0.691. The van der Waals surface area contributed by atoms with E-state index in [0.29, 0.717) is 11.1 Å². The highest BCUT2D eigenvalue weighted by molar-refractivity contribution is 5.96. The summed E-state index contributed by atoms with van der Waals surface area (Å²) in [6, 6.07) is 7.89. The zero-order valence-electron chi connectivity index (χ0n) is 11.7. The molecule has 0 saturated carbocycles. The number of nitro groups is 1. The number of nitrogens with one attached hydrogen (secondary N) is 1. The molecule has 6 nitrogen and oxygen atoms in total. The van der Waals surface area contributed by atoms with E-state index < -0.39 is 4.92 Å². The molecule has 1 aromatic heterocycles. The average Bonchev–Trinajstić information content (AvgIpc) is 2.47. The van der Waals surface area contributed by atoms with Crippen LogP contribution < -0.4 is 5.32 Å². The van der Waals surface area contributed by atoms with Crippen LogP contribution in [0.2, 0.25) is 0 Å². The lowest BCUT2D eigenvalue weighted by Crippen LogP contribution is -2.27. The lowest BCUT2D eigenvalue weighted by atomic mass is 10.0. The van der Waals surface area contributed by atoms with Gasteiger partial charge in [-0.1, -0.05) is 6.07 Å². The summed E-state index contributed by atoms with van der Waals surface area (Å²) in [4.78, 5) is 26.6. The van der Waals surface area contributed by atoms with E-state index in [4.69, 9.17) is 0 Å². The van der Waals surface area contributed by atoms with E-state index in [1.165, 1.54) is 12.1 Å². The van der Waals surface area contributed by atoms with Gasteiger partial charge in [0.25, 0.3) is 11.6 Å².